The molecule has 1 heterocycles. The van der Waals surface area contributed by atoms with Crippen LogP contribution in [0.3, 0.4) is 0 Å². The summed E-state index contributed by atoms with van der Waals surface area (Å²) in [4.78, 5) is 4.80. The molecule has 0 aliphatic heterocycles. The van der Waals surface area contributed by atoms with Crippen LogP contribution in [0.4, 0.5) is 0 Å². The van der Waals surface area contributed by atoms with Crippen LogP contribution in [0.25, 0.3) is 22.4 Å². The molecule has 3 heteroatoms. The Morgan fingerprint density at radius 3 is 2.46 bits per heavy atom. The van der Waals surface area contributed by atoms with Crippen LogP contribution in [0.1, 0.15) is 5.56 Å². The molecule has 0 N–H and O–H groups in total. The maximum atomic E-state index is 5.94. The molecule has 0 saturated heterocycles. The standard InChI is InChI=1S/C21H18N2O/c1-15-11-12-20-19(13-15)22-21(23(20)2)16-7-6-10-18(14-16)24-17-8-4-3-5-9-17/h3-14H,1-2H3. The van der Waals surface area contributed by atoms with Gasteiger partial charge >= 0.3 is 0 Å². The van der Waals surface area contributed by atoms with Gasteiger partial charge in [-0.05, 0) is 48.9 Å². The van der Waals surface area contributed by atoms with Gasteiger partial charge in [0, 0.05) is 12.6 Å². The van der Waals surface area contributed by atoms with Gasteiger partial charge in [0.15, 0.2) is 0 Å². The number of imidazole rings is 1. The third-order valence-corrected chi connectivity index (χ3v) is 4.11. The zero-order chi connectivity index (χ0) is 16.5. The van der Waals surface area contributed by atoms with E-state index in [1.54, 1.807) is 0 Å². The van der Waals surface area contributed by atoms with Crippen LogP contribution >= 0.6 is 0 Å². The molecule has 3 nitrogen and oxygen atoms in total. The van der Waals surface area contributed by atoms with Gasteiger partial charge < -0.3 is 9.30 Å². The molecule has 1 aromatic heterocycles. The predicted molar refractivity (Wildman–Crippen MR) is 97.4 cm³/mol. The quantitative estimate of drug-likeness (QED) is 0.510. The highest BCUT2D eigenvalue weighted by Gasteiger charge is 2.10. The molecular weight excluding hydrogens is 296 g/mol. The van der Waals surface area contributed by atoms with E-state index >= 15 is 0 Å². The van der Waals surface area contributed by atoms with Crippen molar-refractivity contribution in [2.24, 2.45) is 7.05 Å². The van der Waals surface area contributed by atoms with Crippen LogP contribution in [-0.4, -0.2) is 9.55 Å². The summed E-state index contributed by atoms with van der Waals surface area (Å²) >= 11 is 0. The van der Waals surface area contributed by atoms with Crippen LogP contribution in [0.2, 0.25) is 0 Å². The predicted octanol–water partition coefficient (Wildman–Crippen LogP) is 5.34. The van der Waals surface area contributed by atoms with Gasteiger partial charge in [0.25, 0.3) is 0 Å². The number of hydrogen-bond acceptors (Lipinski definition) is 2. The number of fused-ring (bicyclic) bond motifs is 1. The number of ether oxygens (including phenoxy) is 1. The average molecular weight is 314 g/mol. The highest BCUT2D eigenvalue weighted by molar-refractivity contribution is 5.81. The molecular formula is C21H18N2O. The maximum absolute atomic E-state index is 5.94. The fraction of sp³-hybridized carbons (Fsp3) is 0.0952. The van der Waals surface area contributed by atoms with Gasteiger partial charge in [-0.15, -0.1) is 0 Å². The first kappa shape index (κ1) is 14.5. The maximum Gasteiger partial charge on any atom is 0.140 e. The monoisotopic (exact) mass is 314 g/mol. The summed E-state index contributed by atoms with van der Waals surface area (Å²) in [7, 11) is 2.05. The number of rotatable bonds is 3. The molecule has 0 atom stereocenters. The summed E-state index contributed by atoms with van der Waals surface area (Å²) < 4.78 is 8.06. The third-order valence-electron chi connectivity index (χ3n) is 4.11. The molecule has 0 spiro atoms. The molecule has 0 aliphatic rings. The lowest BCUT2D eigenvalue weighted by Crippen LogP contribution is -1.93. The Labute approximate surface area is 141 Å². The zero-order valence-electron chi connectivity index (χ0n) is 13.7. The van der Waals surface area contributed by atoms with Gasteiger partial charge in [-0.2, -0.15) is 0 Å². The van der Waals surface area contributed by atoms with Crippen LogP contribution in [0, 0.1) is 6.92 Å². The van der Waals surface area contributed by atoms with Crippen molar-refractivity contribution >= 4 is 11.0 Å². The van der Waals surface area contributed by atoms with E-state index in [9.17, 15) is 0 Å². The van der Waals surface area contributed by atoms with E-state index in [-0.39, 0.29) is 0 Å². The van der Waals surface area contributed by atoms with Crippen molar-refractivity contribution in [2.75, 3.05) is 0 Å². The molecule has 0 saturated carbocycles. The second kappa shape index (κ2) is 5.85. The number of aromatic nitrogens is 2. The summed E-state index contributed by atoms with van der Waals surface area (Å²) in [5.74, 6) is 2.58. The van der Waals surface area contributed by atoms with Crippen LogP contribution in [0.15, 0.2) is 72.8 Å². The van der Waals surface area contributed by atoms with E-state index in [1.807, 2.05) is 55.6 Å². The molecule has 3 aromatic carbocycles. The lowest BCUT2D eigenvalue weighted by Gasteiger charge is -2.08. The van der Waals surface area contributed by atoms with Crippen molar-refractivity contribution in [3.63, 3.8) is 0 Å². The minimum atomic E-state index is 0.807. The van der Waals surface area contributed by atoms with Crippen LogP contribution in [-0.2, 0) is 7.05 Å². The third kappa shape index (κ3) is 2.65. The fourth-order valence-electron chi connectivity index (χ4n) is 2.89. The van der Waals surface area contributed by atoms with Gasteiger partial charge in [0.05, 0.1) is 11.0 Å². The van der Waals surface area contributed by atoms with Crippen molar-refractivity contribution in [3.05, 3.63) is 78.4 Å². The molecule has 0 amide bonds. The smallest absolute Gasteiger partial charge is 0.140 e. The Kier molecular flexibility index (Phi) is 3.54. The molecule has 118 valence electrons. The molecule has 0 unspecified atom stereocenters. The first-order valence-electron chi connectivity index (χ1n) is 7.97. The normalized spacial score (nSPS) is 10.9. The molecule has 24 heavy (non-hydrogen) atoms. The van der Waals surface area contributed by atoms with Gasteiger partial charge in [-0.3, -0.25) is 0 Å². The number of benzene rings is 3. The van der Waals surface area contributed by atoms with Crippen LogP contribution in [0.5, 0.6) is 11.5 Å². The highest BCUT2D eigenvalue weighted by Crippen LogP contribution is 2.29. The van der Waals surface area contributed by atoms with E-state index < -0.39 is 0 Å². The summed E-state index contributed by atoms with van der Waals surface area (Å²) in [6.45, 7) is 2.09. The molecule has 0 radical (unpaired) electrons. The lowest BCUT2D eigenvalue weighted by atomic mass is 10.2. The molecule has 0 bridgehead atoms. The number of aryl methyl sites for hydroxylation is 2. The van der Waals surface area contributed by atoms with E-state index in [2.05, 4.69) is 35.8 Å². The lowest BCUT2D eigenvalue weighted by molar-refractivity contribution is 0.483. The topological polar surface area (TPSA) is 27.1 Å². The van der Waals surface area contributed by atoms with Gasteiger partial charge in [0.2, 0.25) is 0 Å². The van der Waals surface area contributed by atoms with E-state index in [1.165, 1.54) is 5.56 Å². The Morgan fingerprint density at radius 2 is 1.62 bits per heavy atom. The van der Waals surface area contributed by atoms with Crippen molar-refractivity contribution in [2.45, 2.75) is 6.92 Å². The molecule has 4 rings (SSSR count). The summed E-state index contributed by atoms with van der Waals surface area (Å²) in [6, 6.07) is 24.2. The van der Waals surface area contributed by atoms with Gasteiger partial charge in [0.1, 0.15) is 17.3 Å². The van der Waals surface area contributed by atoms with Crippen molar-refractivity contribution in [1.29, 1.82) is 0 Å². The van der Waals surface area contributed by atoms with E-state index in [0.717, 1.165) is 33.9 Å². The van der Waals surface area contributed by atoms with Gasteiger partial charge in [-0.25, -0.2) is 4.98 Å². The van der Waals surface area contributed by atoms with Crippen molar-refractivity contribution in [1.82, 2.24) is 9.55 Å². The molecule has 4 aromatic rings. The van der Waals surface area contributed by atoms with E-state index in [4.69, 9.17) is 9.72 Å². The Bertz CT molecular complexity index is 1000. The number of nitrogens with zero attached hydrogens (tertiary/aromatic N) is 2. The molecule has 0 aliphatic carbocycles. The fourth-order valence-corrected chi connectivity index (χ4v) is 2.89. The van der Waals surface area contributed by atoms with Crippen molar-refractivity contribution < 1.29 is 4.74 Å². The zero-order valence-corrected chi connectivity index (χ0v) is 13.7. The Hall–Kier alpha value is -3.07. The van der Waals surface area contributed by atoms with Gasteiger partial charge in [-0.1, -0.05) is 36.4 Å². The second-order valence-electron chi connectivity index (χ2n) is 5.93. The largest absolute Gasteiger partial charge is 0.457 e. The number of para-hydroxylation sites is 1. The first-order chi connectivity index (χ1) is 11.7. The SMILES string of the molecule is Cc1ccc2c(c1)nc(-c1cccc(Oc3ccccc3)c1)n2C. The second-order valence-corrected chi connectivity index (χ2v) is 5.93. The Balaban J connectivity index is 1.75. The highest BCUT2D eigenvalue weighted by atomic mass is 16.5. The Morgan fingerprint density at radius 1 is 0.833 bits per heavy atom. The summed E-state index contributed by atoms with van der Waals surface area (Å²) in [6.07, 6.45) is 0. The van der Waals surface area contributed by atoms with Crippen molar-refractivity contribution in [3.8, 4) is 22.9 Å². The summed E-state index contributed by atoms with van der Waals surface area (Å²) in [5.41, 5.74) is 4.40. The minimum absolute atomic E-state index is 0.807. The number of hydrogen-bond donors (Lipinski definition) is 0. The minimum Gasteiger partial charge on any atom is -0.457 e. The molecule has 0 fully saturated rings. The van der Waals surface area contributed by atoms with E-state index in [0.29, 0.717) is 0 Å². The van der Waals surface area contributed by atoms with Crippen LogP contribution < -0.4 is 4.74 Å². The first-order valence-corrected chi connectivity index (χ1v) is 7.97. The average Bonchev–Trinajstić information content (AvgIpc) is 2.92. The summed E-state index contributed by atoms with van der Waals surface area (Å²) in [5, 5.41) is 0.